The van der Waals surface area contributed by atoms with Crippen LogP contribution in [0, 0.1) is 0 Å². The smallest absolute Gasteiger partial charge is 0.171 e. The highest BCUT2D eigenvalue weighted by Crippen LogP contribution is 2.34. The number of nitrogens with one attached hydrogen (secondary N) is 2. The van der Waals surface area contributed by atoms with Crippen LogP contribution in [0.3, 0.4) is 0 Å². The average molecular weight is 387 g/mol. The van der Waals surface area contributed by atoms with Crippen molar-refractivity contribution in [2.75, 3.05) is 0 Å². The maximum atomic E-state index is 12.2. The second-order valence-corrected chi connectivity index (χ2v) is 6.86. The van der Waals surface area contributed by atoms with E-state index in [0.29, 0.717) is 28.1 Å². The molecule has 4 nitrogen and oxygen atoms in total. The Labute approximate surface area is 163 Å². The van der Waals surface area contributed by atoms with E-state index in [0.717, 1.165) is 16.8 Å². The minimum atomic E-state index is -0.358. The zero-order valence-corrected chi connectivity index (χ0v) is 16.1. The van der Waals surface area contributed by atoms with Gasteiger partial charge in [-0.3, -0.25) is 4.79 Å². The quantitative estimate of drug-likeness (QED) is 0.750. The van der Waals surface area contributed by atoms with Crippen LogP contribution in [0.15, 0.2) is 59.8 Å². The summed E-state index contributed by atoms with van der Waals surface area (Å²) in [6.45, 7) is 3.74. The molecule has 1 aliphatic heterocycles. The first-order chi connectivity index (χ1) is 12.5. The summed E-state index contributed by atoms with van der Waals surface area (Å²) >= 11 is 11.5. The van der Waals surface area contributed by atoms with Crippen molar-refractivity contribution in [2.24, 2.45) is 0 Å². The predicted molar refractivity (Wildman–Crippen MR) is 107 cm³/mol. The lowest BCUT2D eigenvalue weighted by Crippen LogP contribution is -2.44. The molecule has 1 aliphatic rings. The van der Waals surface area contributed by atoms with Gasteiger partial charge in [-0.05, 0) is 38.2 Å². The van der Waals surface area contributed by atoms with Crippen molar-refractivity contribution < 1.29 is 9.53 Å². The number of ketones is 1. The van der Waals surface area contributed by atoms with E-state index in [1.54, 1.807) is 6.92 Å². The van der Waals surface area contributed by atoms with Gasteiger partial charge in [0.25, 0.3) is 0 Å². The summed E-state index contributed by atoms with van der Waals surface area (Å²) in [6.07, 6.45) is 0. The highest BCUT2D eigenvalue weighted by Gasteiger charge is 2.29. The third-order valence-corrected chi connectivity index (χ3v) is 4.81. The molecule has 0 aromatic heterocycles. The number of rotatable bonds is 5. The Kier molecular flexibility index (Phi) is 5.59. The number of Topliss-reactive ketones (excluding diaryl/α,β-unsaturated/α-hetero) is 1. The van der Waals surface area contributed by atoms with E-state index in [2.05, 4.69) is 10.6 Å². The zero-order chi connectivity index (χ0) is 18.7. The molecule has 1 atom stereocenters. The second-order valence-electron chi connectivity index (χ2n) is 6.04. The van der Waals surface area contributed by atoms with E-state index >= 15 is 0 Å². The van der Waals surface area contributed by atoms with Gasteiger partial charge in [-0.1, -0.05) is 48.0 Å². The number of hydrogen-bond acceptors (Lipinski definition) is 3. The zero-order valence-electron chi connectivity index (χ0n) is 14.5. The second kappa shape index (κ2) is 7.89. The van der Waals surface area contributed by atoms with Crippen LogP contribution in [0.2, 0.25) is 5.02 Å². The lowest BCUT2D eigenvalue weighted by Gasteiger charge is -2.30. The van der Waals surface area contributed by atoms with E-state index in [4.69, 9.17) is 28.6 Å². The molecule has 0 amide bonds. The van der Waals surface area contributed by atoms with Gasteiger partial charge in [-0.25, -0.2) is 0 Å². The fraction of sp³-hybridized carbons (Fsp3) is 0.200. The minimum Gasteiger partial charge on any atom is -0.488 e. The molecule has 2 N–H and O–H groups in total. The Morgan fingerprint density at radius 3 is 2.62 bits per heavy atom. The van der Waals surface area contributed by atoms with Crippen LogP contribution in [0.5, 0.6) is 5.75 Å². The van der Waals surface area contributed by atoms with Gasteiger partial charge >= 0.3 is 0 Å². The summed E-state index contributed by atoms with van der Waals surface area (Å²) in [5, 5.41) is 7.34. The van der Waals surface area contributed by atoms with Crippen molar-refractivity contribution >= 4 is 34.7 Å². The van der Waals surface area contributed by atoms with Gasteiger partial charge < -0.3 is 15.4 Å². The normalized spacial score (nSPS) is 16.7. The monoisotopic (exact) mass is 386 g/mol. The third-order valence-electron chi connectivity index (χ3n) is 4.22. The molecule has 0 bridgehead atoms. The number of halogens is 1. The van der Waals surface area contributed by atoms with Crippen molar-refractivity contribution in [3.63, 3.8) is 0 Å². The SMILES string of the molecule is CC(=O)C1=C(C)NC(=S)N[C@H]1c1ccccc1OCc1ccccc1Cl. The first-order valence-electron chi connectivity index (χ1n) is 8.21. The first kappa shape index (κ1) is 18.4. The molecule has 134 valence electrons. The van der Waals surface area contributed by atoms with Crippen LogP contribution in [0.25, 0.3) is 0 Å². The molecule has 3 rings (SSSR count). The van der Waals surface area contributed by atoms with E-state index in [1.165, 1.54) is 0 Å². The molecular formula is C20H19ClN2O2S. The van der Waals surface area contributed by atoms with Crippen LogP contribution in [0.1, 0.15) is 31.0 Å². The molecule has 0 unspecified atom stereocenters. The molecule has 0 spiro atoms. The predicted octanol–water partition coefficient (Wildman–Crippen LogP) is 4.30. The van der Waals surface area contributed by atoms with Crippen LogP contribution in [0.4, 0.5) is 0 Å². The number of ether oxygens (including phenoxy) is 1. The third kappa shape index (κ3) is 3.89. The summed E-state index contributed by atoms with van der Waals surface area (Å²) < 4.78 is 6.03. The summed E-state index contributed by atoms with van der Waals surface area (Å²) in [7, 11) is 0. The molecule has 2 aromatic carbocycles. The molecule has 2 aromatic rings. The number of hydrogen-bond donors (Lipinski definition) is 2. The number of carbonyl (C=O) groups is 1. The fourth-order valence-corrected chi connectivity index (χ4v) is 3.48. The number of allylic oxidation sites excluding steroid dienone is 1. The molecule has 1 heterocycles. The van der Waals surface area contributed by atoms with Crippen molar-refractivity contribution in [1.82, 2.24) is 10.6 Å². The summed E-state index contributed by atoms with van der Waals surface area (Å²) in [6, 6.07) is 14.8. The van der Waals surface area contributed by atoms with Gasteiger partial charge in [0.15, 0.2) is 10.9 Å². The Morgan fingerprint density at radius 2 is 1.88 bits per heavy atom. The van der Waals surface area contributed by atoms with Gasteiger partial charge in [-0.2, -0.15) is 0 Å². The fourth-order valence-electron chi connectivity index (χ4n) is 3.02. The van der Waals surface area contributed by atoms with Gasteiger partial charge in [0.2, 0.25) is 0 Å². The van der Waals surface area contributed by atoms with Gasteiger partial charge in [-0.15, -0.1) is 0 Å². The summed E-state index contributed by atoms with van der Waals surface area (Å²) in [5.41, 5.74) is 3.16. The molecular weight excluding hydrogens is 368 g/mol. The number of benzene rings is 2. The minimum absolute atomic E-state index is 0.0177. The molecule has 0 saturated heterocycles. The topological polar surface area (TPSA) is 50.4 Å². The maximum Gasteiger partial charge on any atom is 0.171 e. The van der Waals surface area contributed by atoms with E-state index in [1.807, 2.05) is 55.5 Å². The van der Waals surface area contributed by atoms with E-state index in [-0.39, 0.29) is 11.8 Å². The lowest BCUT2D eigenvalue weighted by molar-refractivity contribution is -0.114. The van der Waals surface area contributed by atoms with Gasteiger partial charge in [0.05, 0.1) is 6.04 Å². The number of para-hydroxylation sites is 1. The summed E-state index contributed by atoms with van der Waals surface area (Å²) in [5.74, 6) is 0.664. The van der Waals surface area contributed by atoms with Crippen molar-refractivity contribution in [3.8, 4) is 5.75 Å². The Bertz CT molecular complexity index is 895. The molecule has 6 heteroatoms. The van der Waals surface area contributed by atoms with Crippen LogP contribution < -0.4 is 15.4 Å². The Morgan fingerprint density at radius 1 is 1.19 bits per heavy atom. The molecule has 0 radical (unpaired) electrons. The van der Waals surface area contributed by atoms with Gasteiger partial charge in [0.1, 0.15) is 12.4 Å². The van der Waals surface area contributed by atoms with E-state index < -0.39 is 0 Å². The van der Waals surface area contributed by atoms with Crippen LogP contribution in [-0.2, 0) is 11.4 Å². The standard InChI is InChI=1S/C20H19ClN2O2S/c1-12-18(13(2)24)19(23-20(26)22-12)15-8-4-6-10-17(15)25-11-14-7-3-5-9-16(14)21/h3-10,19H,11H2,1-2H3,(H2,22,23,26)/t19-/m0/s1. The average Bonchev–Trinajstić information content (AvgIpc) is 2.60. The molecule has 0 fully saturated rings. The van der Waals surface area contributed by atoms with Crippen LogP contribution in [-0.4, -0.2) is 10.9 Å². The highest BCUT2D eigenvalue weighted by molar-refractivity contribution is 7.80. The highest BCUT2D eigenvalue weighted by atomic mass is 35.5. The Balaban J connectivity index is 1.93. The van der Waals surface area contributed by atoms with Gasteiger partial charge in [0, 0.05) is 27.4 Å². The first-order valence-corrected chi connectivity index (χ1v) is 9.00. The number of thiocarbonyl (C=S) groups is 1. The molecule has 0 aliphatic carbocycles. The van der Waals surface area contributed by atoms with E-state index in [9.17, 15) is 4.79 Å². The molecule has 0 saturated carbocycles. The summed E-state index contributed by atoms with van der Waals surface area (Å²) in [4.78, 5) is 12.2. The largest absolute Gasteiger partial charge is 0.488 e. The molecule has 26 heavy (non-hydrogen) atoms. The van der Waals surface area contributed by atoms with Crippen LogP contribution >= 0.6 is 23.8 Å². The van der Waals surface area contributed by atoms with Crippen molar-refractivity contribution in [3.05, 3.63) is 76.0 Å². The Hall–Kier alpha value is -2.37. The lowest BCUT2D eigenvalue weighted by atomic mass is 9.92. The number of carbonyl (C=O) groups excluding carboxylic acids is 1. The van der Waals surface area contributed by atoms with Crippen molar-refractivity contribution in [2.45, 2.75) is 26.5 Å². The maximum absolute atomic E-state index is 12.2. The van der Waals surface area contributed by atoms with Crippen molar-refractivity contribution in [1.29, 1.82) is 0 Å².